The van der Waals surface area contributed by atoms with Gasteiger partial charge in [-0.2, -0.15) is 0 Å². The van der Waals surface area contributed by atoms with Crippen LogP contribution < -0.4 is 11.1 Å². The number of nitrogens with two attached hydrogens (primary N) is 1. The van der Waals surface area contributed by atoms with Crippen LogP contribution >= 0.6 is 0 Å². The summed E-state index contributed by atoms with van der Waals surface area (Å²) < 4.78 is 0. The van der Waals surface area contributed by atoms with E-state index in [1.807, 2.05) is 6.92 Å². The van der Waals surface area contributed by atoms with Gasteiger partial charge in [0.25, 0.3) is 0 Å². The molecule has 0 heterocycles. The van der Waals surface area contributed by atoms with Crippen molar-refractivity contribution in [3.63, 3.8) is 0 Å². The molecule has 0 aliphatic carbocycles. The monoisotopic (exact) mass is 216 g/mol. The third kappa shape index (κ3) is 5.90. The molecular weight excluding hydrogens is 196 g/mol. The predicted octanol–water partition coefficient (Wildman–Crippen LogP) is -0.563. The van der Waals surface area contributed by atoms with E-state index in [0.29, 0.717) is 19.5 Å². The molecule has 1 atom stereocenters. The van der Waals surface area contributed by atoms with Crippen molar-refractivity contribution in [2.45, 2.75) is 13.3 Å². The van der Waals surface area contributed by atoms with Gasteiger partial charge in [0.15, 0.2) is 0 Å². The van der Waals surface area contributed by atoms with Crippen molar-refractivity contribution in [2.24, 2.45) is 16.8 Å². The van der Waals surface area contributed by atoms with Crippen molar-refractivity contribution >= 4 is 11.7 Å². The number of amides is 1. The minimum absolute atomic E-state index is 0.0375. The highest BCUT2D eigenvalue weighted by atomic mass is 16.4. The fourth-order valence-electron chi connectivity index (χ4n) is 0.941. The Morgan fingerprint density at radius 1 is 1.60 bits per heavy atom. The number of nitrogens with one attached hydrogen (secondary N) is 1. The smallest absolute Gasteiger partial charge is 0.223 e. The summed E-state index contributed by atoms with van der Waals surface area (Å²) in [5.41, 5.74) is 5.39. The van der Waals surface area contributed by atoms with Crippen LogP contribution in [0.25, 0.3) is 0 Å². The van der Waals surface area contributed by atoms with Crippen molar-refractivity contribution in [1.82, 2.24) is 10.2 Å². The zero-order valence-electron chi connectivity index (χ0n) is 9.53. The number of rotatable bonds is 6. The third-order valence-corrected chi connectivity index (χ3v) is 2.09. The molecule has 0 saturated carbocycles. The van der Waals surface area contributed by atoms with Gasteiger partial charge >= 0.3 is 0 Å². The molecule has 0 aromatic rings. The second-order valence-electron chi connectivity index (χ2n) is 3.67. The molecule has 15 heavy (non-hydrogen) atoms. The molecule has 0 fully saturated rings. The predicted molar refractivity (Wildman–Crippen MR) is 58.8 cm³/mol. The van der Waals surface area contributed by atoms with Gasteiger partial charge in [0, 0.05) is 39.5 Å². The molecule has 1 amide bonds. The minimum Gasteiger partial charge on any atom is -0.409 e. The lowest BCUT2D eigenvalue weighted by molar-refractivity contribution is -0.128. The quantitative estimate of drug-likeness (QED) is 0.182. The Bertz CT molecular complexity index is 228. The molecule has 0 aliphatic rings. The van der Waals surface area contributed by atoms with E-state index in [1.54, 1.807) is 19.0 Å². The van der Waals surface area contributed by atoms with Crippen LogP contribution in [0.5, 0.6) is 0 Å². The van der Waals surface area contributed by atoms with Gasteiger partial charge in [-0.05, 0) is 0 Å². The first-order valence-electron chi connectivity index (χ1n) is 4.87. The van der Waals surface area contributed by atoms with Gasteiger partial charge in [0.05, 0.1) is 0 Å². The average Bonchev–Trinajstić information content (AvgIpc) is 2.22. The molecule has 4 N–H and O–H groups in total. The van der Waals surface area contributed by atoms with Crippen LogP contribution in [0.15, 0.2) is 5.16 Å². The molecular formula is C9H20N4O2. The number of carbonyl (C=O) groups excluding carboxylic acids is 1. The van der Waals surface area contributed by atoms with Gasteiger partial charge in [-0.25, -0.2) is 0 Å². The first kappa shape index (κ1) is 13.7. The number of oxime groups is 1. The summed E-state index contributed by atoms with van der Waals surface area (Å²) in [6.45, 7) is 3.03. The second kappa shape index (κ2) is 7.05. The van der Waals surface area contributed by atoms with E-state index in [0.717, 1.165) is 0 Å². The topological polar surface area (TPSA) is 91.0 Å². The lowest BCUT2D eigenvalue weighted by Gasteiger charge is -2.12. The van der Waals surface area contributed by atoms with Crippen LogP contribution in [-0.2, 0) is 4.79 Å². The van der Waals surface area contributed by atoms with E-state index in [9.17, 15) is 4.79 Å². The summed E-state index contributed by atoms with van der Waals surface area (Å²) in [4.78, 5) is 12.7. The van der Waals surface area contributed by atoms with Crippen LogP contribution in [0.4, 0.5) is 0 Å². The van der Waals surface area contributed by atoms with Gasteiger partial charge in [0.2, 0.25) is 5.91 Å². The maximum atomic E-state index is 11.2. The summed E-state index contributed by atoms with van der Waals surface area (Å²) in [5.74, 6) is 0.241. The zero-order valence-corrected chi connectivity index (χ0v) is 9.53. The highest BCUT2D eigenvalue weighted by molar-refractivity contribution is 5.82. The lowest BCUT2D eigenvalue weighted by atomic mass is 10.1. The van der Waals surface area contributed by atoms with Gasteiger partial charge in [-0.1, -0.05) is 12.1 Å². The molecule has 0 rings (SSSR count). The largest absolute Gasteiger partial charge is 0.409 e. The average molecular weight is 216 g/mol. The van der Waals surface area contributed by atoms with Crippen molar-refractivity contribution in [2.75, 3.05) is 27.2 Å². The van der Waals surface area contributed by atoms with Crippen molar-refractivity contribution in [3.05, 3.63) is 0 Å². The molecule has 88 valence electrons. The molecule has 0 spiro atoms. The summed E-state index contributed by atoms with van der Waals surface area (Å²) in [6, 6.07) is 0. The Labute approximate surface area is 90.1 Å². The highest BCUT2D eigenvalue weighted by Crippen LogP contribution is 1.92. The Balaban J connectivity index is 3.59. The van der Waals surface area contributed by atoms with Crippen LogP contribution in [0.2, 0.25) is 0 Å². The van der Waals surface area contributed by atoms with Crippen LogP contribution in [0.1, 0.15) is 13.3 Å². The fourth-order valence-corrected chi connectivity index (χ4v) is 0.941. The van der Waals surface area contributed by atoms with Crippen molar-refractivity contribution in [3.8, 4) is 0 Å². The molecule has 0 aliphatic heterocycles. The highest BCUT2D eigenvalue weighted by Gasteiger charge is 2.07. The molecule has 0 saturated heterocycles. The first-order chi connectivity index (χ1) is 6.99. The lowest BCUT2D eigenvalue weighted by Crippen LogP contribution is -2.33. The van der Waals surface area contributed by atoms with Crippen molar-refractivity contribution in [1.29, 1.82) is 0 Å². The summed E-state index contributed by atoms with van der Waals surface area (Å²) in [6.07, 6.45) is 0.454. The number of carbonyl (C=O) groups is 1. The molecule has 1 unspecified atom stereocenters. The molecule has 0 aromatic heterocycles. The van der Waals surface area contributed by atoms with Crippen LogP contribution in [0.3, 0.4) is 0 Å². The molecule has 0 aromatic carbocycles. The number of amidine groups is 1. The standard InChI is InChI=1S/C9H20N4O2/c1-7(9(10)12-15)6-11-5-4-8(14)13(2)3/h7,11,15H,4-6H2,1-3H3,(H2,10,12). The third-order valence-electron chi connectivity index (χ3n) is 2.09. The maximum absolute atomic E-state index is 11.2. The Morgan fingerprint density at radius 2 is 2.20 bits per heavy atom. The van der Waals surface area contributed by atoms with Crippen molar-refractivity contribution < 1.29 is 10.0 Å². The van der Waals surface area contributed by atoms with Gasteiger partial charge < -0.3 is 21.2 Å². The van der Waals surface area contributed by atoms with E-state index < -0.39 is 0 Å². The molecule has 0 bridgehead atoms. The Kier molecular flexibility index (Phi) is 6.44. The SMILES string of the molecule is CC(CNCCC(=O)N(C)C)C(N)=NO. The zero-order chi connectivity index (χ0) is 11.8. The molecule has 0 radical (unpaired) electrons. The fraction of sp³-hybridized carbons (Fsp3) is 0.778. The Morgan fingerprint density at radius 3 is 2.67 bits per heavy atom. The van der Waals surface area contributed by atoms with E-state index >= 15 is 0 Å². The summed E-state index contributed by atoms with van der Waals surface area (Å²) in [5, 5.41) is 14.4. The van der Waals surface area contributed by atoms with Crippen LogP contribution in [-0.4, -0.2) is 49.0 Å². The second-order valence-corrected chi connectivity index (χ2v) is 3.67. The number of nitrogens with zero attached hydrogens (tertiary/aromatic N) is 2. The molecule has 6 nitrogen and oxygen atoms in total. The van der Waals surface area contributed by atoms with E-state index in [1.165, 1.54) is 0 Å². The van der Waals surface area contributed by atoms with Gasteiger partial charge in [-0.3, -0.25) is 4.79 Å². The first-order valence-corrected chi connectivity index (χ1v) is 4.87. The van der Waals surface area contributed by atoms with Crippen LogP contribution in [0, 0.1) is 5.92 Å². The minimum atomic E-state index is -0.0375. The summed E-state index contributed by atoms with van der Waals surface area (Å²) >= 11 is 0. The van der Waals surface area contributed by atoms with E-state index in [-0.39, 0.29) is 17.7 Å². The number of hydrogen-bond donors (Lipinski definition) is 3. The maximum Gasteiger partial charge on any atom is 0.223 e. The van der Waals surface area contributed by atoms with E-state index in [2.05, 4.69) is 10.5 Å². The number of hydrogen-bond acceptors (Lipinski definition) is 4. The van der Waals surface area contributed by atoms with Gasteiger partial charge in [0.1, 0.15) is 5.84 Å². The Hall–Kier alpha value is -1.30. The van der Waals surface area contributed by atoms with Gasteiger partial charge in [-0.15, -0.1) is 0 Å². The normalized spacial score (nSPS) is 13.7. The molecule has 6 heteroatoms. The van der Waals surface area contributed by atoms with E-state index in [4.69, 9.17) is 10.9 Å². The summed E-state index contributed by atoms with van der Waals surface area (Å²) in [7, 11) is 3.45.